The molecular weight excluding hydrogens is 317 g/mol. The number of rotatable bonds is 4. The van der Waals surface area contributed by atoms with E-state index in [-0.39, 0.29) is 18.1 Å². The Morgan fingerprint density at radius 2 is 2.14 bits per heavy atom. The van der Waals surface area contributed by atoms with Crippen LogP contribution in [0.25, 0.3) is 0 Å². The predicted octanol–water partition coefficient (Wildman–Crippen LogP) is 2.40. The summed E-state index contributed by atoms with van der Waals surface area (Å²) in [6, 6.07) is 5.99. The van der Waals surface area contributed by atoms with Gasteiger partial charge in [0.25, 0.3) is 11.5 Å². The van der Waals surface area contributed by atoms with E-state index in [1.165, 1.54) is 12.1 Å². The molecule has 6 nitrogen and oxygen atoms in total. The van der Waals surface area contributed by atoms with Gasteiger partial charge in [-0.1, -0.05) is 23.2 Å². The van der Waals surface area contributed by atoms with Crippen molar-refractivity contribution in [1.29, 1.82) is 0 Å². The van der Waals surface area contributed by atoms with E-state index in [1.54, 1.807) is 19.1 Å². The number of hydrogen-bond donors (Lipinski definition) is 2. The molecule has 0 bridgehead atoms. The minimum atomic E-state index is -0.477. The number of ether oxygens (including phenoxy) is 1. The molecule has 1 heterocycles. The average molecular weight is 328 g/mol. The molecule has 0 spiro atoms. The van der Waals surface area contributed by atoms with E-state index in [0.29, 0.717) is 21.5 Å². The van der Waals surface area contributed by atoms with Crippen LogP contribution < -0.4 is 15.6 Å². The smallest absolute Gasteiger partial charge is 0.264 e. The molecular formula is C13H11Cl2N3O3. The van der Waals surface area contributed by atoms with Crippen LogP contribution in [0.3, 0.4) is 0 Å². The molecule has 1 aromatic carbocycles. The Labute approximate surface area is 130 Å². The molecule has 2 aromatic rings. The summed E-state index contributed by atoms with van der Waals surface area (Å²) in [4.78, 5) is 29.3. The molecule has 2 N–H and O–H groups in total. The Hall–Kier alpha value is -2.05. The van der Waals surface area contributed by atoms with Crippen molar-refractivity contribution in [1.82, 2.24) is 9.97 Å². The highest BCUT2D eigenvalue weighted by Gasteiger charge is 2.08. The zero-order valence-electron chi connectivity index (χ0n) is 10.9. The second kappa shape index (κ2) is 6.60. The Bertz CT molecular complexity index is 731. The van der Waals surface area contributed by atoms with Gasteiger partial charge in [0.2, 0.25) is 5.95 Å². The number of aryl methyl sites for hydroxylation is 1. The van der Waals surface area contributed by atoms with Crippen LogP contribution in [0.4, 0.5) is 5.95 Å². The van der Waals surface area contributed by atoms with Gasteiger partial charge in [0.1, 0.15) is 5.75 Å². The molecule has 0 saturated carbocycles. The first kappa shape index (κ1) is 15.3. The average Bonchev–Trinajstić information content (AvgIpc) is 2.36. The minimum absolute atomic E-state index is 0.0656. The van der Waals surface area contributed by atoms with Crippen LogP contribution in [0, 0.1) is 6.92 Å². The first-order chi connectivity index (χ1) is 9.94. The number of nitrogens with zero attached hydrogens (tertiary/aromatic N) is 1. The maximum atomic E-state index is 11.7. The summed E-state index contributed by atoms with van der Waals surface area (Å²) in [5, 5.41) is 3.20. The molecule has 0 aliphatic carbocycles. The number of benzene rings is 1. The van der Waals surface area contributed by atoms with Crippen molar-refractivity contribution in [2.45, 2.75) is 6.92 Å². The minimum Gasteiger partial charge on any atom is -0.482 e. The third-order valence-corrected chi connectivity index (χ3v) is 2.91. The summed E-state index contributed by atoms with van der Waals surface area (Å²) in [6.45, 7) is 1.37. The van der Waals surface area contributed by atoms with Crippen LogP contribution in [-0.4, -0.2) is 22.5 Å². The fourth-order valence-corrected chi connectivity index (χ4v) is 2.01. The lowest BCUT2D eigenvalue weighted by Gasteiger charge is -2.08. The Balaban J connectivity index is 1.97. The second-order valence-electron chi connectivity index (χ2n) is 4.15. The fourth-order valence-electron chi connectivity index (χ4n) is 1.54. The molecule has 0 aliphatic rings. The Kier molecular flexibility index (Phi) is 4.82. The van der Waals surface area contributed by atoms with Gasteiger partial charge < -0.3 is 4.74 Å². The van der Waals surface area contributed by atoms with Gasteiger partial charge >= 0.3 is 0 Å². The highest BCUT2D eigenvalue weighted by molar-refractivity contribution is 6.35. The van der Waals surface area contributed by atoms with E-state index in [4.69, 9.17) is 27.9 Å². The van der Waals surface area contributed by atoms with E-state index in [9.17, 15) is 9.59 Å². The van der Waals surface area contributed by atoms with Crippen LogP contribution in [-0.2, 0) is 4.79 Å². The third-order valence-electron chi connectivity index (χ3n) is 2.38. The molecule has 0 fully saturated rings. The van der Waals surface area contributed by atoms with Crippen LogP contribution in [0.2, 0.25) is 10.0 Å². The fraction of sp³-hybridized carbons (Fsp3) is 0.154. The van der Waals surface area contributed by atoms with Crippen molar-refractivity contribution < 1.29 is 9.53 Å². The normalized spacial score (nSPS) is 10.2. The third kappa shape index (κ3) is 4.47. The van der Waals surface area contributed by atoms with Gasteiger partial charge in [-0.05, 0) is 25.1 Å². The molecule has 0 aliphatic heterocycles. The number of amides is 1. The van der Waals surface area contributed by atoms with Crippen molar-refractivity contribution >= 4 is 35.1 Å². The summed E-state index contributed by atoms with van der Waals surface area (Å²) in [5.41, 5.74) is 0.148. The molecule has 1 aromatic heterocycles. The first-order valence-electron chi connectivity index (χ1n) is 5.90. The lowest BCUT2D eigenvalue weighted by molar-refractivity contribution is -0.118. The maximum Gasteiger partial charge on any atom is 0.264 e. The largest absolute Gasteiger partial charge is 0.482 e. The molecule has 110 valence electrons. The number of aromatic amines is 1. The second-order valence-corrected chi connectivity index (χ2v) is 4.99. The van der Waals surface area contributed by atoms with E-state index < -0.39 is 5.91 Å². The van der Waals surface area contributed by atoms with Crippen molar-refractivity contribution in [3.8, 4) is 5.75 Å². The summed E-state index contributed by atoms with van der Waals surface area (Å²) in [6.07, 6.45) is 0. The standard InChI is InChI=1S/C13H11Cl2N3O3/c1-7-4-11(19)17-13(16-7)18-12(20)6-21-10-3-2-8(14)5-9(10)15/h2-5H,6H2,1H3,(H2,16,17,18,19,20). The number of anilines is 1. The lowest BCUT2D eigenvalue weighted by atomic mass is 10.3. The van der Waals surface area contributed by atoms with Crippen LogP contribution in [0.15, 0.2) is 29.1 Å². The van der Waals surface area contributed by atoms with E-state index in [2.05, 4.69) is 15.3 Å². The number of halogens is 2. The highest BCUT2D eigenvalue weighted by Crippen LogP contribution is 2.27. The molecule has 2 rings (SSSR count). The molecule has 0 radical (unpaired) electrons. The van der Waals surface area contributed by atoms with Gasteiger partial charge in [-0.25, -0.2) is 4.98 Å². The maximum absolute atomic E-state index is 11.7. The van der Waals surface area contributed by atoms with E-state index >= 15 is 0 Å². The number of aromatic nitrogens is 2. The van der Waals surface area contributed by atoms with Crippen molar-refractivity contribution in [2.75, 3.05) is 11.9 Å². The lowest BCUT2D eigenvalue weighted by Crippen LogP contribution is -2.23. The van der Waals surface area contributed by atoms with Gasteiger partial charge in [-0.3, -0.25) is 19.9 Å². The summed E-state index contributed by atoms with van der Waals surface area (Å²) < 4.78 is 5.26. The topological polar surface area (TPSA) is 84.1 Å². The van der Waals surface area contributed by atoms with E-state index in [1.807, 2.05) is 0 Å². The SMILES string of the molecule is Cc1cc(=O)[nH]c(NC(=O)COc2ccc(Cl)cc2Cl)n1. The molecule has 8 heteroatoms. The number of nitrogens with one attached hydrogen (secondary N) is 2. The number of carbonyl (C=O) groups excluding carboxylic acids is 1. The Morgan fingerprint density at radius 1 is 1.38 bits per heavy atom. The van der Waals surface area contributed by atoms with Gasteiger partial charge in [0, 0.05) is 16.8 Å². The number of hydrogen-bond acceptors (Lipinski definition) is 4. The molecule has 1 amide bonds. The van der Waals surface area contributed by atoms with Crippen molar-refractivity contribution in [3.63, 3.8) is 0 Å². The zero-order valence-corrected chi connectivity index (χ0v) is 12.5. The molecule has 0 unspecified atom stereocenters. The molecule has 21 heavy (non-hydrogen) atoms. The summed E-state index contributed by atoms with van der Waals surface area (Å²) in [7, 11) is 0. The van der Waals surface area contributed by atoms with Crippen LogP contribution in [0.1, 0.15) is 5.69 Å². The summed E-state index contributed by atoms with van der Waals surface area (Å²) in [5.74, 6) is -0.0764. The first-order valence-corrected chi connectivity index (χ1v) is 6.65. The predicted molar refractivity (Wildman–Crippen MR) is 80.2 cm³/mol. The van der Waals surface area contributed by atoms with Crippen molar-refractivity contribution in [3.05, 3.63) is 50.4 Å². The molecule has 0 atom stereocenters. The van der Waals surface area contributed by atoms with Crippen LogP contribution in [0.5, 0.6) is 5.75 Å². The Morgan fingerprint density at radius 3 is 2.81 bits per heavy atom. The number of H-pyrrole nitrogens is 1. The van der Waals surface area contributed by atoms with Gasteiger partial charge in [0.15, 0.2) is 6.61 Å². The van der Waals surface area contributed by atoms with Gasteiger partial charge in [-0.2, -0.15) is 0 Å². The van der Waals surface area contributed by atoms with Gasteiger partial charge in [-0.15, -0.1) is 0 Å². The van der Waals surface area contributed by atoms with Crippen molar-refractivity contribution in [2.24, 2.45) is 0 Å². The van der Waals surface area contributed by atoms with Crippen LogP contribution >= 0.6 is 23.2 Å². The van der Waals surface area contributed by atoms with E-state index in [0.717, 1.165) is 0 Å². The monoisotopic (exact) mass is 327 g/mol. The highest BCUT2D eigenvalue weighted by atomic mass is 35.5. The van der Waals surface area contributed by atoms with Gasteiger partial charge in [0.05, 0.1) is 5.02 Å². The quantitative estimate of drug-likeness (QED) is 0.903. The number of carbonyl (C=O) groups is 1. The molecule has 0 saturated heterocycles. The summed E-state index contributed by atoms with van der Waals surface area (Å²) >= 11 is 11.7. The zero-order chi connectivity index (χ0) is 15.4.